The number of quaternary nitrogens is 1. The number of Topliss-reactive ketones (excluding diaryl/α,β-unsaturated/α-hetero) is 1. The molecule has 1 aliphatic rings. The molecule has 2 aromatic rings. The molecule has 36 heavy (non-hydrogen) atoms. The van der Waals surface area contributed by atoms with Crippen LogP contribution in [0.3, 0.4) is 0 Å². The summed E-state index contributed by atoms with van der Waals surface area (Å²) in [6, 6.07) is 7.84. The highest BCUT2D eigenvalue weighted by Crippen LogP contribution is 2.28. The van der Waals surface area contributed by atoms with Gasteiger partial charge < -0.3 is 24.3 Å². The number of nitrogens with zero attached hydrogens (tertiary/aromatic N) is 1. The molecule has 1 saturated heterocycles. The lowest BCUT2D eigenvalue weighted by molar-refractivity contribution is -0.837. The van der Waals surface area contributed by atoms with Crippen LogP contribution in [0, 0.1) is 0 Å². The third-order valence-corrected chi connectivity index (χ3v) is 6.04. The lowest BCUT2D eigenvalue weighted by atomic mass is 10.2. The van der Waals surface area contributed by atoms with E-state index in [9.17, 15) is 35.9 Å². The second kappa shape index (κ2) is 11.6. The predicted octanol–water partition coefficient (Wildman–Crippen LogP) is 1.48. The number of rotatable bonds is 5. The lowest BCUT2D eigenvalue weighted by Crippen LogP contribution is -3.10. The first-order valence-corrected chi connectivity index (χ1v) is 10.9. The Labute approximate surface area is 204 Å². The molecule has 8 nitrogen and oxygen atoms in total. The number of carboxylic acids is 1. The summed E-state index contributed by atoms with van der Waals surface area (Å²) in [7, 11) is 3.16. The number of amides is 1. The van der Waals surface area contributed by atoms with E-state index >= 15 is 0 Å². The molecule has 1 aromatic heterocycles. The van der Waals surface area contributed by atoms with Gasteiger partial charge in [0.15, 0.2) is 11.4 Å². The van der Waals surface area contributed by atoms with E-state index in [2.05, 4.69) is 0 Å². The number of benzene rings is 1. The van der Waals surface area contributed by atoms with E-state index in [-0.39, 0.29) is 10.8 Å². The third kappa shape index (κ3) is 7.34. The van der Waals surface area contributed by atoms with Gasteiger partial charge in [0.05, 0.1) is 50.2 Å². The molecule has 1 aliphatic heterocycles. The molecule has 1 N–H and O–H groups in total. The second-order valence-electron chi connectivity index (χ2n) is 7.24. The van der Waals surface area contributed by atoms with Crippen LogP contribution in [0.1, 0.15) is 19.3 Å². The smallest absolute Gasteiger partial charge is 0.455 e. The van der Waals surface area contributed by atoms with Crippen molar-refractivity contribution in [2.75, 3.05) is 40.4 Å². The fraction of sp³-hybridized carbons (Fsp3) is 0.381. The van der Waals surface area contributed by atoms with Crippen LogP contribution in [0.5, 0.6) is 11.5 Å². The van der Waals surface area contributed by atoms with Gasteiger partial charge in [-0.05, 0) is 24.3 Å². The molecule has 0 unspecified atom stereocenters. The van der Waals surface area contributed by atoms with Crippen molar-refractivity contribution in [1.29, 1.82) is 0 Å². The number of ketones is 1. The molecule has 0 radical (unpaired) electrons. The minimum Gasteiger partial charge on any atom is -0.542 e. The number of aliphatic carboxylic acids is 1. The van der Waals surface area contributed by atoms with Gasteiger partial charge in [0, 0.05) is 6.07 Å². The van der Waals surface area contributed by atoms with Gasteiger partial charge in [0.1, 0.15) is 11.7 Å². The number of halogens is 6. The number of carboxylic acid groups (broad SMARTS) is 1. The molecular weight excluding hydrogens is 522 g/mol. The zero-order chi connectivity index (χ0) is 27.3. The SMILES string of the molecule is COc1ccc(OC)c([NH+]2CCN(C(=O)c3ccc(C(=O)C(F)(F)F)s3)CC2)c1.O=C([O-])C(F)(F)F. The molecule has 1 fully saturated rings. The summed E-state index contributed by atoms with van der Waals surface area (Å²) >= 11 is 0.574. The minimum absolute atomic E-state index is 0.125. The molecule has 1 amide bonds. The summed E-state index contributed by atoms with van der Waals surface area (Å²) in [6.07, 6.45) is -10.1. The Hall–Kier alpha value is -3.33. The van der Waals surface area contributed by atoms with Crippen molar-refractivity contribution < 1.29 is 60.2 Å². The molecule has 1 aromatic carbocycles. The summed E-state index contributed by atoms with van der Waals surface area (Å²) < 4.78 is 79.9. The molecule has 0 spiro atoms. The maximum atomic E-state index is 12.6. The lowest BCUT2D eigenvalue weighted by Gasteiger charge is -2.32. The maximum Gasteiger partial charge on any atom is 0.455 e. The van der Waals surface area contributed by atoms with Crippen molar-refractivity contribution in [3.8, 4) is 11.5 Å². The zero-order valence-electron chi connectivity index (χ0n) is 18.8. The number of alkyl halides is 6. The van der Waals surface area contributed by atoms with Crippen molar-refractivity contribution >= 4 is 34.7 Å². The van der Waals surface area contributed by atoms with Gasteiger partial charge in [-0.15, -0.1) is 11.3 Å². The van der Waals surface area contributed by atoms with E-state index in [1.54, 1.807) is 25.2 Å². The fourth-order valence-corrected chi connectivity index (χ4v) is 4.14. The second-order valence-corrected chi connectivity index (χ2v) is 8.32. The van der Waals surface area contributed by atoms with E-state index in [0.717, 1.165) is 16.7 Å². The number of piperazine rings is 1. The average molecular weight is 542 g/mol. The zero-order valence-corrected chi connectivity index (χ0v) is 19.6. The molecular formula is C21H20F6N2O6S. The standard InChI is InChI=1S/C19H19F3N2O4S.C2HF3O2/c1-27-12-3-4-14(28-2)13(11-12)23-7-9-24(10-8-23)18(26)16-6-5-15(29-16)17(25)19(20,21)22;3-2(4,5)1(6)7/h3-6,11H,7-10H2,1-2H3;(H,6,7). The molecule has 0 atom stereocenters. The van der Waals surface area contributed by atoms with Crippen molar-refractivity contribution in [2.45, 2.75) is 12.4 Å². The Morgan fingerprint density at radius 2 is 1.47 bits per heavy atom. The highest BCUT2D eigenvalue weighted by molar-refractivity contribution is 7.16. The summed E-state index contributed by atoms with van der Waals surface area (Å²) in [4.78, 5) is 35.1. The van der Waals surface area contributed by atoms with Gasteiger partial charge in [-0.2, -0.15) is 26.3 Å². The number of ether oxygens (including phenoxy) is 2. The normalized spacial score (nSPS) is 14.5. The number of thiophene rings is 1. The number of carbonyl (C=O) groups is 3. The van der Waals surface area contributed by atoms with E-state index in [1.807, 2.05) is 12.1 Å². The number of hydrogen-bond acceptors (Lipinski definition) is 7. The Morgan fingerprint density at radius 1 is 0.917 bits per heavy atom. The Kier molecular flexibility index (Phi) is 9.32. The van der Waals surface area contributed by atoms with Crippen LogP contribution in [-0.2, 0) is 4.79 Å². The Morgan fingerprint density at radius 3 is 1.94 bits per heavy atom. The van der Waals surface area contributed by atoms with E-state index < -0.39 is 29.0 Å². The molecule has 198 valence electrons. The Balaban J connectivity index is 0.000000572. The first-order chi connectivity index (χ1) is 16.7. The van der Waals surface area contributed by atoms with Crippen LogP contribution in [0.15, 0.2) is 30.3 Å². The van der Waals surface area contributed by atoms with Crippen LogP contribution in [-0.4, -0.2) is 75.3 Å². The molecule has 2 heterocycles. The van der Waals surface area contributed by atoms with Crippen molar-refractivity contribution in [1.82, 2.24) is 4.90 Å². The summed E-state index contributed by atoms with van der Waals surface area (Å²) in [5.41, 5.74) is 0.924. The first-order valence-electron chi connectivity index (χ1n) is 10.0. The van der Waals surface area contributed by atoms with Crippen LogP contribution in [0.4, 0.5) is 32.0 Å². The molecule has 0 bridgehead atoms. The number of hydrogen-bond donors (Lipinski definition) is 1. The van der Waals surface area contributed by atoms with Gasteiger partial charge >= 0.3 is 12.4 Å². The van der Waals surface area contributed by atoms with Gasteiger partial charge in [-0.3, -0.25) is 14.5 Å². The minimum atomic E-state index is -5.19. The monoisotopic (exact) mass is 542 g/mol. The average Bonchev–Trinajstić information content (AvgIpc) is 3.32. The van der Waals surface area contributed by atoms with Crippen LogP contribution < -0.4 is 19.5 Å². The van der Waals surface area contributed by atoms with Crippen LogP contribution in [0.25, 0.3) is 0 Å². The van der Waals surface area contributed by atoms with Gasteiger partial charge in [-0.1, -0.05) is 0 Å². The molecule has 15 heteroatoms. The van der Waals surface area contributed by atoms with Crippen molar-refractivity contribution in [3.05, 3.63) is 40.1 Å². The quantitative estimate of drug-likeness (QED) is 0.454. The van der Waals surface area contributed by atoms with E-state index in [1.165, 1.54) is 6.07 Å². The molecule has 0 saturated carbocycles. The van der Waals surface area contributed by atoms with Gasteiger partial charge in [-0.25, -0.2) is 0 Å². The third-order valence-electron chi connectivity index (χ3n) is 4.97. The van der Waals surface area contributed by atoms with Crippen molar-refractivity contribution in [3.63, 3.8) is 0 Å². The van der Waals surface area contributed by atoms with Crippen LogP contribution in [0.2, 0.25) is 0 Å². The highest BCUT2D eigenvalue weighted by Gasteiger charge is 2.40. The predicted molar refractivity (Wildman–Crippen MR) is 112 cm³/mol. The van der Waals surface area contributed by atoms with E-state index in [4.69, 9.17) is 19.4 Å². The fourth-order valence-electron chi connectivity index (χ4n) is 3.21. The highest BCUT2D eigenvalue weighted by atomic mass is 32.1. The first kappa shape index (κ1) is 28.9. The summed E-state index contributed by atoms with van der Waals surface area (Å²) in [5, 5.41) is 8.78. The van der Waals surface area contributed by atoms with E-state index in [0.29, 0.717) is 49.0 Å². The van der Waals surface area contributed by atoms with Gasteiger partial charge in [0.25, 0.3) is 11.7 Å². The number of nitrogens with one attached hydrogen (secondary N) is 1. The topological polar surface area (TPSA) is 100 Å². The Bertz CT molecular complexity index is 1090. The number of carbonyl (C=O) groups excluding carboxylic acids is 3. The van der Waals surface area contributed by atoms with Crippen LogP contribution >= 0.6 is 11.3 Å². The molecule has 3 rings (SSSR count). The maximum absolute atomic E-state index is 12.6. The summed E-state index contributed by atoms with van der Waals surface area (Å²) in [5.74, 6) is -3.89. The van der Waals surface area contributed by atoms with Crippen molar-refractivity contribution in [2.24, 2.45) is 0 Å². The molecule has 0 aliphatic carbocycles. The summed E-state index contributed by atoms with van der Waals surface area (Å²) in [6.45, 7) is 2.06. The largest absolute Gasteiger partial charge is 0.542 e. The van der Waals surface area contributed by atoms with Gasteiger partial charge in [0.2, 0.25) is 0 Å². The number of methoxy groups -OCH3 is 2.